The molecular weight excluding hydrogens is 277 g/mol. The maximum atomic E-state index is 13.3. The van der Waals surface area contributed by atoms with Crippen LogP contribution in [-0.2, 0) is 11.3 Å². The van der Waals surface area contributed by atoms with Crippen LogP contribution in [0, 0.1) is 11.7 Å². The number of thiocarbonyl (C=S) groups is 1. The number of rotatable bonds is 4. The lowest BCUT2D eigenvalue weighted by Gasteiger charge is -2.31. The van der Waals surface area contributed by atoms with E-state index in [-0.39, 0.29) is 22.6 Å². The number of likely N-dealkylation sites (tertiary alicyclic amines) is 1. The minimum absolute atomic E-state index is 0.113. The molecule has 0 spiro atoms. The molecular formula is C14H18FN3OS. The monoisotopic (exact) mass is 295 g/mol. The second-order valence-corrected chi connectivity index (χ2v) is 5.58. The van der Waals surface area contributed by atoms with Crippen molar-refractivity contribution in [2.45, 2.75) is 19.4 Å². The SMILES string of the molecule is NC(=O)C1CCCN(Cc2ccc(F)cc2C(N)=S)C1. The molecule has 6 heteroatoms. The first-order valence-electron chi connectivity index (χ1n) is 6.57. The number of nitrogens with two attached hydrogens (primary N) is 2. The topological polar surface area (TPSA) is 72.4 Å². The third-order valence-corrected chi connectivity index (χ3v) is 3.86. The standard InChI is InChI=1S/C14H18FN3OS/c15-11-4-3-9(12(6-11)14(17)20)7-18-5-1-2-10(8-18)13(16)19/h3-4,6,10H,1-2,5,7-8H2,(H2,16,19)(H2,17,20). The summed E-state index contributed by atoms with van der Waals surface area (Å²) in [5.74, 6) is -0.731. The Labute approximate surface area is 122 Å². The van der Waals surface area contributed by atoms with Crippen molar-refractivity contribution in [1.82, 2.24) is 4.90 Å². The van der Waals surface area contributed by atoms with Crippen molar-refractivity contribution in [2.24, 2.45) is 17.4 Å². The van der Waals surface area contributed by atoms with Crippen LogP contribution in [0.15, 0.2) is 18.2 Å². The third-order valence-electron chi connectivity index (χ3n) is 3.64. The zero-order valence-corrected chi connectivity index (χ0v) is 12.0. The number of nitrogens with zero attached hydrogens (tertiary/aromatic N) is 1. The van der Waals surface area contributed by atoms with Gasteiger partial charge in [-0.3, -0.25) is 9.69 Å². The Morgan fingerprint density at radius 3 is 2.85 bits per heavy atom. The van der Waals surface area contributed by atoms with E-state index < -0.39 is 0 Å². The molecule has 4 N–H and O–H groups in total. The summed E-state index contributed by atoms with van der Waals surface area (Å²) in [6.07, 6.45) is 1.76. The van der Waals surface area contributed by atoms with E-state index >= 15 is 0 Å². The van der Waals surface area contributed by atoms with Crippen molar-refractivity contribution in [2.75, 3.05) is 13.1 Å². The highest BCUT2D eigenvalue weighted by Gasteiger charge is 2.24. The summed E-state index contributed by atoms with van der Waals surface area (Å²) in [5, 5.41) is 0. The van der Waals surface area contributed by atoms with Crippen LogP contribution >= 0.6 is 12.2 Å². The molecule has 108 valence electrons. The smallest absolute Gasteiger partial charge is 0.221 e. The van der Waals surface area contributed by atoms with E-state index in [9.17, 15) is 9.18 Å². The lowest BCUT2D eigenvalue weighted by Crippen LogP contribution is -2.40. The molecule has 0 aromatic heterocycles. The van der Waals surface area contributed by atoms with Gasteiger partial charge in [-0.25, -0.2) is 4.39 Å². The Hall–Kier alpha value is -1.53. The van der Waals surface area contributed by atoms with E-state index in [1.165, 1.54) is 12.1 Å². The Morgan fingerprint density at radius 1 is 1.45 bits per heavy atom. The lowest BCUT2D eigenvalue weighted by molar-refractivity contribution is -0.123. The van der Waals surface area contributed by atoms with E-state index in [0.29, 0.717) is 18.7 Å². The fourth-order valence-electron chi connectivity index (χ4n) is 2.59. The molecule has 1 amide bonds. The van der Waals surface area contributed by atoms with E-state index in [1.807, 2.05) is 0 Å². The molecule has 0 aliphatic carbocycles. The summed E-state index contributed by atoms with van der Waals surface area (Å²) in [7, 11) is 0. The molecule has 1 aromatic rings. The molecule has 0 saturated carbocycles. The molecule has 1 fully saturated rings. The van der Waals surface area contributed by atoms with Crippen LogP contribution in [0.1, 0.15) is 24.0 Å². The van der Waals surface area contributed by atoms with Gasteiger partial charge in [-0.15, -0.1) is 0 Å². The molecule has 4 nitrogen and oxygen atoms in total. The molecule has 20 heavy (non-hydrogen) atoms. The number of hydrogen-bond donors (Lipinski definition) is 2. The quantitative estimate of drug-likeness (QED) is 0.818. The fraction of sp³-hybridized carbons (Fsp3) is 0.429. The number of piperidine rings is 1. The predicted octanol–water partition coefficient (Wildman–Crippen LogP) is 1.16. The van der Waals surface area contributed by atoms with Crippen LogP contribution in [0.5, 0.6) is 0 Å². The van der Waals surface area contributed by atoms with E-state index in [2.05, 4.69) is 4.90 Å². The number of carbonyl (C=O) groups is 1. The Morgan fingerprint density at radius 2 is 2.20 bits per heavy atom. The van der Waals surface area contributed by atoms with Crippen molar-refractivity contribution < 1.29 is 9.18 Å². The largest absolute Gasteiger partial charge is 0.389 e. The van der Waals surface area contributed by atoms with Gasteiger partial charge in [0.1, 0.15) is 10.8 Å². The molecule has 1 unspecified atom stereocenters. The highest BCUT2D eigenvalue weighted by atomic mass is 32.1. The number of halogens is 1. The van der Waals surface area contributed by atoms with Gasteiger partial charge in [0.2, 0.25) is 5.91 Å². The first-order valence-corrected chi connectivity index (χ1v) is 6.98. The number of hydrogen-bond acceptors (Lipinski definition) is 3. The van der Waals surface area contributed by atoms with Crippen LogP contribution < -0.4 is 11.5 Å². The van der Waals surface area contributed by atoms with Gasteiger partial charge in [0.25, 0.3) is 0 Å². The maximum Gasteiger partial charge on any atom is 0.221 e. The Balaban J connectivity index is 2.13. The molecule has 2 rings (SSSR count). The number of amides is 1. The molecule has 1 aliphatic rings. The van der Waals surface area contributed by atoms with Crippen LogP contribution in [0.4, 0.5) is 4.39 Å². The van der Waals surface area contributed by atoms with Crippen LogP contribution in [0.2, 0.25) is 0 Å². The van der Waals surface area contributed by atoms with E-state index in [0.717, 1.165) is 24.9 Å². The number of carbonyl (C=O) groups excluding carboxylic acids is 1. The van der Waals surface area contributed by atoms with Crippen LogP contribution in [-0.4, -0.2) is 28.9 Å². The fourth-order valence-corrected chi connectivity index (χ4v) is 2.78. The van der Waals surface area contributed by atoms with E-state index in [4.69, 9.17) is 23.7 Å². The lowest BCUT2D eigenvalue weighted by atomic mass is 9.96. The molecule has 1 aromatic carbocycles. The van der Waals surface area contributed by atoms with Gasteiger partial charge in [-0.2, -0.15) is 0 Å². The normalized spacial score (nSPS) is 19.8. The van der Waals surface area contributed by atoms with Crippen molar-refractivity contribution in [1.29, 1.82) is 0 Å². The van der Waals surface area contributed by atoms with E-state index in [1.54, 1.807) is 6.07 Å². The van der Waals surface area contributed by atoms with Crippen molar-refractivity contribution in [3.63, 3.8) is 0 Å². The predicted molar refractivity (Wildman–Crippen MR) is 79.5 cm³/mol. The minimum Gasteiger partial charge on any atom is -0.389 e. The second-order valence-electron chi connectivity index (χ2n) is 5.14. The van der Waals surface area contributed by atoms with Gasteiger partial charge < -0.3 is 11.5 Å². The van der Waals surface area contributed by atoms with Gasteiger partial charge in [0, 0.05) is 18.7 Å². The molecule has 1 aliphatic heterocycles. The molecule has 0 radical (unpaired) electrons. The molecule has 1 atom stereocenters. The van der Waals surface area contributed by atoms with Gasteiger partial charge in [-0.1, -0.05) is 18.3 Å². The van der Waals surface area contributed by atoms with Crippen molar-refractivity contribution >= 4 is 23.1 Å². The first-order chi connectivity index (χ1) is 9.47. The molecule has 1 saturated heterocycles. The van der Waals surface area contributed by atoms with Crippen molar-refractivity contribution in [3.05, 3.63) is 35.1 Å². The Bertz CT molecular complexity index is 535. The first kappa shape index (κ1) is 14.9. The molecule has 0 bridgehead atoms. The van der Waals surface area contributed by atoms with Crippen LogP contribution in [0.3, 0.4) is 0 Å². The zero-order valence-electron chi connectivity index (χ0n) is 11.1. The average Bonchev–Trinajstić information content (AvgIpc) is 2.41. The van der Waals surface area contributed by atoms with Gasteiger partial charge in [0.15, 0.2) is 0 Å². The second kappa shape index (κ2) is 6.28. The summed E-state index contributed by atoms with van der Waals surface area (Å²) in [4.78, 5) is 13.6. The third kappa shape index (κ3) is 3.52. The highest BCUT2D eigenvalue weighted by molar-refractivity contribution is 7.80. The Kier molecular flexibility index (Phi) is 4.67. The number of primary amides is 1. The summed E-state index contributed by atoms with van der Waals surface area (Å²) < 4.78 is 13.3. The van der Waals surface area contributed by atoms with Crippen LogP contribution in [0.25, 0.3) is 0 Å². The van der Waals surface area contributed by atoms with Gasteiger partial charge >= 0.3 is 0 Å². The summed E-state index contributed by atoms with van der Waals surface area (Å²) in [5.41, 5.74) is 12.4. The highest BCUT2D eigenvalue weighted by Crippen LogP contribution is 2.20. The van der Waals surface area contributed by atoms with Gasteiger partial charge in [-0.05, 0) is 37.1 Å². The summed E-state index contributed by atoms with van der Waals surface area (Å²) in [6, 6.07) is 4.44. The van der Waals surface area contributed by atoms with Gasteiger partial charge in [0.05, 0.1) is 5.92 Å². The molecule has 1 heterocycles. The summed E-state index contributed by atoms with van der Waals surface area (Å²) in [6.45, 7) is 2.11. The zero-order chi connectivity index (χ0) is 14.7. The minimum atomic E-state index is -0.356. The number of benzene rings is 1. The maximum absolute atomic E-state index is 13.3. The average molecular weight is 295 g/mol. The summed E-state index contributed by atoms with van der Waals surface area (Å²) >= 11 is 4.96. The van der Waals surface area contributed by atoms with Crippen molar-refractivity contribution in [3.8, 4) is 0 Å².